The molecule has 0 aliphatic carbocycles. The molecule has 0 heterocycles. The fourth-order valence-corrected chi connectivity index (χ4v) is 2.56. The van der Waals surface area contributed by atoms with E-state index in [1.807, 2.05) is 24.1 Å². The van der Waals surface area contributed by atoms with Crippen molar-refractivity contribution in [2.24, 2.45) is 4.99 Å². The van der Waals surface area contributed by atoms with Gasteiger partial charge in [0.05, 0.1) is 19.0 Å². The monoisotopic (exact) mass is 533 g/mol. The number of nitrogens with one attached hydrogen (secondary N) is 1. The normalized spacial score (nSPS) is 11.8. The summed E-state index contributed by atoms with van der Waals surface area (Å²) in [5.41, 5.74) is 1.18. The first-order valence-electron chi connectivity index (χ1n) is 7.23. The van der Waals surface area contributed by atoms with Gasteiger partial charge >= 0.3 is 0 Å². The first kappa shape index (κ1) is 23.6. The summed E-state index contributed by atoms with van der Waals surface area (Å²) in [6.07, 6.45) is 1.20. The van der Waals surface area contributed by atoms with Crippen molar-refractivity contribution in [2.45, 2.75) is 6.54 Å². The quantitative estimate of drug-likeness (QED) is 0.240. The molecule has 0 saturated heterocycles. The molecule has 1 rings (SSSR count). The second-order valence-corrected chi connectivity index (χ2v) is 8.37. The highest BCUT2D eigenvalue weighted by Crippen LogP contribution is 2.11. The molecule has 0 atom stereocenters. The van der Waals surface area contributed by atoms with Gasteiger partial charge in [-0.1, -0.05) is 28.1 Å². The molecule has 0 saturated carbocycles. The number of halogens is 2. The number of guanidine groups is 1. The van der Waals surface area contributed by atoms with E-state index in [9.17, 15) is 8.42 Å². The molecule has 0 radical (unpaired) electrons. The molecule has 0 fully saturated rings. The van der Waals surface area contributed by atoms with Crippen LogP contribution in [0.25, 0.3) is 0 Å². The highest BCUT2D eigenvalue weighted by atomic mass is 127. The van der Waals surface area contributed by atoms with Gasteiger partial charge < -0.3 is 15.0 Å². The lowest BCUT2D eigenvalue weighted by Gasteiger charge is -2.22. The molecule has 0 spiro atoms. The Bertz CT molecular complexity index is 609. The number of sulfone groups is 1. The number of aliphatic imine (C=N–C) groups is 1. The number of benzene rings is 1. The molecule has 6 nitrogen and oxygen atoms in total. The largest absolute Gasteiger partial charge is 0.379 e. The Labute approximate surface area is 170 Å². The lowest BCUT2D eigenvalue weighted by atomic mass is 10.2. The summed E-state index contributed by atoms with van der Waals surface area (Å²) in [5.74, 6) is 0.810. The van der Waals surface area contributed by atoms with Crippen molar-refractivity contribution in [1.29, 1.82) is 0 Å². The standard InChI is InChI=1S/C15H24BrN3O3S.HI/c1-17-15(18-8-9-22-10-11-23(3,20)21)19(2)12-13-4-6-14(16)7-5-13;/h4-7H,8-12H2,1-3H3,(H,17,18);1H. The van der Waals surface area contributed by atoms with Gasteiger partial charge in [-0.15, -0.1) is 24.0 Å². The van der Waals surface area contributed by atoms with E-state index < -0.39 is 9.84 Å². The Morgan fingerprint density at radius 2 is 1.92 bits per heavy atom. The van der Waals surface area contributed by atoms with Crippen molar-refractivity contribution in [3.63, 3.8) is 0 Å². The van der Waals surface area contributed by atoms with E-state index in [4.69, 9.17) is 4.74 Å². The van der Waals surface area contributed by atoms with Crippen LogP contribution >= 0.6 is 39.9 Å². The molecule has 9 heteroatoms. The van der Waals surface area contributed by atoms with Crippen molar-refractivity contribution in [2.75, 3.05) is 45.9 Å². The van der Waals surface area contributed by atoms with E-state index in [0.29, 0.717) is 13.2 Å². The van der Waals surface area contributed by atoms with Crippen molar-refractivity contribution in [3.05, 3.63) is 34.3 Å². The molecule has 0 aromatic heterocycles. The predicted molar refractivity (Wildman–Crippen MR) is 113 cm³/mol. The molecular formula is C15H25BrIN3O3S. The Morgan fingerprint density at radius 1 is 1.29 bits per heavy atom. The van der Waals surface area contributed by atoms with Gasteiger partial charge in [-0.25, -0.2) is 8.42 Å². The SMILES string of the molecule is CN=C(NCCOCCS(C)(=O)=O)N(C)Cc1ccc(Br)cc1.I. The van der Waals surface area contributed by atoms with Crippen LogP contribution in [0.3, 0.4) is 0 Å². The first-order chi connectivity index (χ1) is 10.8. The summed E-state index contributed by atoms with van der Waals surface area (Å²) in [4.78, 5) is 6.24. The molecule has 0 aliphatic rings. The molecule has 0 bridgehead atoms. The van der Waals surface area contributed by atoms with Gasteiger partial charge in [0.1, 0.15) is 9.84 Å². The van der Waals surface area contributed by atoms with E-state index in [1.54, 1.807) is 7.05 Å². The highest BCUT2D eigenvalue weighted by molar-refractivity contribution is 14.0. The smallest absolute Gasteiger partial charge is 0.193 e. The van der Waals surface area contributed by atoms with Crippen molar-refractivity contribution >= 4 is 55.7 Å². The highest BCUT2D eigenvalue weighted by Gasteiger charge is 2.06. The number of nitrogens with zero attached hydrogens (tertiary/aromatic N) is 2. The van der Waals surface area contributed by atoms with Gasteiger partial charge in [0.25, 0.3) is 0 Å². The van der Waals surface area contributed by atoms with Crippen LogP contribution in [-0.2, 0) is 21.1 Å². The van der Waals surface area contributed by atoms with Crippen LogP contribution in [0.2, 0.25) is 0 Å². The van der Waals surface area contributed by atoms with Gasteiger partial charge in [0.2, 0.25) is 0 Å². The summed E-state index contributed by atoms with van der Waals surface area (Å²) >= 11 is 3.42. The number of hydrogen-bond donors (Lipinski definition) is 1. The van der Waals surface area contributed by atoms with Gasteiger partial charge in [-0.3, -0.25) is 4.99 Å². The number of ether oxygens (including phenoxy) is 1. The van der Waals surface area contributed by atoms with E-state index >= 15 is 0 Å². The van der Waals surface area contributed by atoms with Gasteiger partial charge in [-0.2, -0.15) is 0 Å². The maximum absolute atomic E-state index is 11.0. The Balaban J connectivity index is 0.00000529. The molecule has 0 unspecified atom stereocenters. The molecule has 24 heavy (non-hydrogen) atoms. The van der Waals surface area contributed by atoms with E-state index in [2.05, 4.69) is 38.4 Å². The molecule has 1 aromatic carbocycles. The minimum Gasteiger partial charge on any atom is -0.379 e. The number of hydrogen-bond acceptors (Lipinski definition) is 4. The molecule has 1 aromatic rings. The second-order valence-electron chi connectivity index (χ2n) is 5.20. The third kappa shape index (κ3) is 10.5. The molecule has 138 valence electrons. The zero-order chi connectivity index (χ0) is 17.3. The molecular weight excluding hydrogens is 509 g/mol. The molecule has 1 N–H and O–H groups in total. The van der Waals surface area contributed by atoms with E-state index in [-0.39, 0.29) is 36.3 Å². The maximum atomic E-state index is 11.0. The zero-order valence-electron chi connectivity index (χ0n) is 14.2. The van der Waals surface area contributed by atoms with Crippen molar-refractivity contribution in [1.82, 2.24) is 10.2 Å². The van der Waals surface area contributed by atoms with E-state index in [0.717, 1.165) is 17.0 Å². The summed E-state index contributed by atoms with van der Waals surface area (Å²) in [5, 5.41) is 3.19. The van der Waals surface area contributed by atoms with Crippen molar-refractivity contribution in [3.8, 4) is 0 Å². The average molecular weight is 534 g/mol. The lowest BCUT2D eigenvalue weighted by Crippen LogP contribution is -2.40. The Kier molecular flexibility index (Phi) is 11.8. The summed E-state index contributed by atoms with van der Waals surface area (Å²) < 4.78 is 28.3. The number of rotatable bonds is 8. The van der Waals surface area contributed by atoms with E-state index in [1.165, 1.54) is 11.8 Å². The van der Waals surface area contributed by atoms with Crippen LogP contribution in [0.5, 0.6) is 0 Å². The summed E-state index contributed by atoms with van der Waals surface area (Å²) in [7, 11) is 0.723. The summed E-state index contributed by atoms with van der Waals surface area (Å²) in [6, 6.07) is 8.13. The van der Waals surface area contributed by atoms with Gasteiger partial charge in [0, 0.05) is 37.9 Å². The van der Waals surface area contributed by atoms with Crippen molar-refractivity contribution < 1.29 is 13.2 Å². The van der Waals surface area contributed by atoms with Gasteiger partial charge in [-0.05, 0) is 17.7 Å². The third-order valence-corrected chi connectivity index (χ3v) is 4.47. The molecule has 0 aliphatic heterocycles. The lowest BCUT2D eigenvalue weighted by molar-refractivity contribution is 0.153. The van der Waals surface area contributed by atoms with Crippen LogP contribution in [0.15, 0.2) is 33.7 Å². The minimum atomic E-state index is -2.96. The predicted octanol–water partition coefficient (Wildman–Crippen LogP) is 2.14. The van der Waals surface area contributed by atoms with Crippen LogP contribution in [0.1, 0.15) is 5.56 Å². The fraction of sp³-hybridized carbons (Fsp3) is 0.533. The zero-order valence-corrected chi connectivity index (χ0v) is 18.9. The summed E-state index contributed by atoms with van der Waals surface area (Å²) in [6.45, 7) is 1.96. The van der Waals surface area contributed by atoms with Crippen LogP contribution in [0, 0.1) is 0 Å². The maximum Gasteiger partial charge on any atom is 0.193 e. The van der Waals surface area contributed by atoms with Crippen LogP contribution in [0.4, 0.5) is 0 Å². The van der Waals surface area contributed by atoms with Gasteiger partial charge in [0.15, 0.2) is 5.96 Å². The Hall–Kier alpha value is -0.390. The molecule has 0 amide bonds. The third-order valence-electron chi connectivity index (χ3n) is 3.03. The Morgan fingerprint density at radius 3 is 2.46 bits per heavy atom. The van der Waals surface area contributed by atoms with Crippen LogP contribution in [-0.4, -0.2) is 65.1 Å². The first-order valence-corrected chi connectivity index (χ1v) is 10.1. The average Bonchev–Trinajstić information content (AvgIpc) is 2.47. The fourth-order valence-electron chi connectivity index (χ4n) is 1.87. The minimum absolute atomic E-state index is 0. The topological polar surface area (TPSA) is 71.0 Å². The van der Waals surface area contributed by atoms with Crippen LogP contribution < -0.4 is 5.32 Å². The second kappa shape index (κ2) is 12.0.